The summed E-state index contributed by atoms with van der Waals surface area (Å²) in [5.74, 6) is -0.672. The van der Waals surface area contributed by atoms with Gasteiger partial charge in [0.1, 0.15) is 30.5 Å². The number of hydrogen-bond acceptors (Lipinski definition) is 11. The molecule has 0 spiro atoms. The largest absolute Gasteiger partial charge is 0.397 e. The molecule has 0 aromatic rings. The average Bonchev–Trinajstić information content (AvgIpc) is 3.32. The summed E-state index contributed by atoms with van der Waals surface area (Å²) in [4.78, 5) is 13.0. The molecule has 0 bridgehead atoms. The van der Waals surface area contributed by atoms with E-state index in [1.54, 1.807) is 0 Å². The zero-order valence-electron chi connectivity index (χ0n) is 44.3. The Kier molecular flexibility index (Phi) is 43.7. The van der Waals surface area contributed by atoms with Crippen molar-refractivity contribution in [3.63, 3.8) is 0 Å². The molecule has 0 aromatic carbocycles. The molecule has 1 fully saturated rings. The Balaban J connectivity index is 2.03. The van der Waals surface area contributed by atoms with Gasteiger partial charge in [0, 0.05) is 0 Å². The van der Waals surface area contributed by atoms with Gasteiger partial charge < -0.3 is 40.3 Å². The van der Waals surface area contributed by atoms with Gasteiger partial charge in [0.15, 0.2) is 6.29 Å². The van der Waals surface area contributed by atoms with Gasteiger partial charge >= 0.3 is 10.4 Å². The zero-order chi connectivity index (χ0) is 50.6. The van der Waals surface area contributed by atoms with Crippen molar-refractivity contribution < 1.29 is 57.0 Å². The van der Waals surface area contributed by atoms with Gasteiger partial charge in [-0.15, -0.1) is 0 Å². The van der Waals surface area contributed by atoms with Crippen LogP contribution in [0.5, 0.6) is 0 Å². The van der Waals surface area contributed by atoms with E-state index < -0.39 is 78.5 Å². The maximum atomic E-state index is 13.0. The number of hydrogen-bond donors (Lipinski definition) is 7. The van der Waals surface area contributed by atoms with Gasteiger partial charge in [0.05, 0.1) is 25.4 Å². The van der Waals surface area contributed by atoms with E-state index in [1.165, 1.54) is 205 Å². The monoisotopic (exact) mass is 1010 g/mol. The molecule has 1 aliphatic rings. The van der Waals surface area contributed by atoms with Crippen molar-refractivity contribution in [2.75, 3.05) is 13.2 Å². The summed E-state index contributed by atoms with van der Waals surface area (Å²) in [6, 6.07) is -1.03. The highest BCUT2D eigenvalue weighted by molar-refractivity contribution is 7.80. The number of aliphatic hydroxyl groups is 5. The first-order valence-electron chi connectivity index (χ1n) is 29.0. The van der Waals surface area contributed by atoms with Gasteiger partial charge in [-0.25, -0.2) is 4.18 Å². The first-order valence-corrected chi connectivity index (χ1v) is 30.4. The van der Waals surface area contributed by atoms with E-state index in [0.717, 1.165) is 38.5 Å². The van der Waals surface area contributed by atoms with Crippen LogP contribution in [0.15, 0.2) is 0 Å². The van der Waals surface area contributed by atoms with Crippen molar-refractivity contribution in [3.05, 3.63) is 0 Å². The fourth-order valence-corrected chi connectivity index (χ4v) is 10.2. The minimum Gasteiger partial charge on any atom is -0.394 e. The smallest absolute Gasteiger partial charge is 0.394 e. The van der Waals surface area contributed by atoms with Crippen LogP contribution < -0.4 is 5.32 Å². The molecule has 1 heterocycles. The van der Waals surface area contributed by atoms with Crippen molar-refractivity contribution >= 4 is 16.3 Å². The highest BCUT2D eigenvalue weighted by Crippen LogP contribution is 2.26. The van der Waals surface area contributed by atoms with Crippen LogP contribution in [-0.4, -0.2) is 107 Å². The molecule has 0 aromatic heterocycles. The van der Waals surface area contributed by atoms with Crippen molar-refractivity contribution in [2.24, 2.45) is 0 Å². The van der Waals surface area contributed by atoms with E-state index in [-0.39, 0.29) is 6.42 Å². The lowest BCUT2D eigenvalue weighted by atomic mass is 9.99. The molecule has 8 unspecified atom stereocenters. The summed E-state index contributed by atoms with van der Waals surface area (Å²) >= 11 is 0. The van der Waals surface area contributed by atoms with Gasteiger partial charge in [-0.2, -0.15) is 8.42 Å². The molecule has 1 saturated heterocycles. The molecule has 8 atom stereocenters. The highest BCUT2D eigenvalue weighted by atomic mass is 32.3. The van der Waals surface area contributed by atoms with Crippen LogP contribution >= 0.6 is 0 Å². The number of carbonyl (C=O) groups excluding carboxylic acids is 1. The number of ether oxygens (including phenoxy) is 2. The lowest BCUT2D eigenvalue weighted by molar-refractivity contribution is -0.298. The lowest BCUT2D eigenvalue weighted by Crippen LogP contribution is -2.61. The molecule has 14 heteroatoms. The van der Waals surface area contributed by atoms with Gasteiger partial charge in [-0.3, -0.25) is 9.35 Å². The maximum Gasteiger partial charge on any atom is 0.397 e. The molecule has 1 aliphatic heterocycles. The molecule has 7 N–H and O–H groups in total. The summed E-state index contributed by atoms with van der Waals surface area (Å²) < 4.78 is 47.3. The Morgan fingerprint density at radius 3 is 1.17 bits per heavy atom. The van der Waals surface area contributed by atoms with Crippen molar-refractivity contribution in [1.29, 1.82) is 0 Å². The molecular formula is C55H109NO12S. The number of aliphatic hydroxyl groups excluding tert-OH is 5. The van der Waals surface area contributed by atoms with Crippen LogP contribution in [-0.2, 0) is 28.9 Å². The quantitative estimate of drug-likeness (QED) is 0.0224. The van der Waals surface area contributed by atoms with E-state index in [9.17, 15) is 38.7 Å². The maximum absolute atomic E-state index is 13.0. The van der Waals surface area contributed by atoms with Crippen LogP contribution in [0.3, 0.4) is 0 Å². The van der Waals surface area contributed by atoms with E-state index in [0.29, 0.717) is 19.3 Å². The number of nitrogens with one attached hydrogen (secondary N) is 1. The summed E-state index contributed by atoms with van der Waals surface area (Å²) in [5.41, 5.74) is 0. The third kappa shape index (κ3) is 37.5. The molecule has 13 nitrogen and oxygen atoms in total. The number of rotatable bonds is 51. The van der Waals surface area contributed by atoms with Crippen LogP contribution in [0.25, 0.3) is 0 Å². The third-order valence-electron chi connectivity index (χ3n) is 14.3. The van der Waals surface area contributed by atoms with Gasteiger partial charge in [0.2, 0.25) is 5.91 Å². The summed E-state index contributed by atoms with van der Waals surface area (Å²) in [6.45, 7) is 3.15. The predicted octanol–water partition coefficient (Wildman–Crippen LogP) is 12.3. The number of amides is 1. The van der Waals surface area contributed by atoms with E-state index in [1.807, 2.05) is 0 Å². The van der Waals surface area contributed by atoms with E-state index >= 15 is 0 Å². The first-order chi connectivity index (χ1) is 33.4. The highest BCUT2D eigenvalue weighted by Gasteiger charge is 2.48. The molecule has 69 heavy (non-hydrogen) atoms. The normalized spacial score (nSPS) is 20.0. The van der Waals surface area contributed by atoms with E-state index in [2.05, 4.69) is 23.3 Å². The molecule has 1 amide bonds. The molecule has 1 rings (SSSR count). The van der Waals surface area contributed by atoms with Crippen molar-refractivity contribution in [1.82, 2.24) is 5.32 Å². The molecular weight excluding hydrogens is 899 g/mol. The average molecular weight is 1010 g/mol. The SMILES string of the molecule is CCCCCCCCCCCCCCCCCCCCCCCCCCCCCCCCCCCCCCC(O)C(=O)NC(COC1OC(CO)C(O)C(OS(=O)(=O)O)C1O)C(O)CCCCCC. The Morgan fingerprint density at radius 2 is 0.841 bits per heavy atom. The summed E-state index contributed by atoms with van der Waals surface area (Å²) in [7, 11) is -5.10. The van der Waals surface area contributed by atoms with Gasteiger partial charge in [-0.1, -0.05) is 271 Å². The minimum atomic E-state index is -5.10. The molecule has 0 aliphatic carbocycles. The van der Waals surface area contributed by atoms with Crippen LogP contribution in [0.4, 0.5) is 0 Å². The topological polar surface area (TPSA) is 212 Å². The standard InChI is InChI=1S/C55H109NO12S/c1-3-5-7-9-10-11-12-13-14-15-16-17-18-19-20-21-22-23-24-25-26-27-28-29-30-31-32-33-34-35-36-37-38-39-40-42-44-49(59)54(62)56-47(48(58)43-41-8-6-4-2)46-66-55-52(61)53(68-69(63,64)65)51(60)50(45-57)67-55/h47-53,55,57-61H,3-46H2,1-2H3,(H,56,62)(H,63,64,65). The predicted molar refractivity (Wildman–Crippen MR) is 279 cm³/mol. The van der Waals surface area contributed by atoms with Gasteiger partial charge in [0.25, 0.3) is 0 Å². The summed E-state index contributed by atoms with van der Waals surface area (Å²) in [6.07, 6.45) is 41.7. The van der Waals surface area contributed by atoms with Crippen LogP contribution in [0, 0.1) is 0 Å². The molecule has 0 radical (unpaired) electrons. The second-order valence-corrected chi connectivity index (χ2v) is 21.8. The lowest BCUT2D eigenvalue weighted by Gasteiger charge is -2.41. The number of carbonyl (C=O) groups is 1. The Labute approximate surface area is 422 Å². The zero-order valence-corrected chi connectivity index (χ0v) is 45.1. The fourth-order valence-electron chi connectivity index (χ4n) is 9.71. The van der Waals surface area contributed by atoms with Gasteiger partial charge in [-0.05, 0) is 12.8 Å². The second kappa shape index (κ2) is 45.7. The molecule has 0 saturated carbocycles. The number of unbranched alkanes of at least 4 members (excludes halogenated alkanes) is 38. The van der Waals surface area contributed by atoms with E-state index in [4.69, 9.17) is 14.0 Å². The third-order valence-corrected chi connectivity index (χ3v) is 14.7. The first kappa shape index (κ1) is 66.1. The Hall–Kier alpha value is -0.940. The van der Waals surface area contributed by atoms with Crippen molar-refractivity contribution in [2.45, 2.75) is 332 Å². The summed E-state index contributed by atoms with van der Waals surface area (Å²) in [5, 5.41) is 54.9. The Morgan fingerprint density at radius 1 is 0.522 bits per heavy atom. The van der Waals surface area contributed by atoms with Crippen LogP contribution in [0.2, 0.25) is 0 Å². The molecule has 412 valence electrons. The minimum absolute atomic E-state index is 0.265. The fraction of sp³-hybridized carbons (Fsp3) is 0.982. The van der Waals surface area contributed by atoms with Crippen molar-refractivity contribution in [3.8, 4) is 0 Å². The Bertz CT molecular complexity index is 1250. The van der Waals surface area contributed by atoms with Crippen LogP contribution in [0.1, 0.15) is 284 Å². The second-order valence-electron chi connectivity index (χ2n) is 20.7.